The van der Waals surface area contributed by atoms with Gasteiger partial charge in [0.1, 0.15) is 5.82 Å². The average molecular weight is 184 g/mol. The lowest BCUT2D eigenvalue weighted by Gasteiger charge is -2.21. The number of phenols is 2. The summed E-state index contributed by atoms with van der Waals surface area (Å²) in [4.78, 5) is 0. The van der Waals surface area contributed by atoms with E-state index in [9.17, 15) is 14.6 Å². The molecule has 0 unspecified atom stereocenters. The van der Waals surface area contributed by atoms with Crippen molar-refractivity contribution in [2.75, 3.05) is 0 Å². The van der Waals surface area contributed by atoms with Gasteiger partial charge in [0.25, 0.3) is 0 Å². The summed E-state index contributed by atoms with van der Waals surface area (Å²) in [6.45, 7) is 5.31. The van der Waals surface area contributed by atoms with Crippen LogP contribution in [0.2, 0.25) is 0 Å². The highest BCUT2D eigenvalue weighted by Gasteiger charge is 2.24. The van der Waals surface area contributed by atoms with E-state index in [1.165, 1.54) is 0 Å². The molecular weight excluding hydrogens is 171 g/mol. The maximum atomic E-state index is 13.3. The predicted molar refractivity (Wildman–Crippen MR) is 48.4 cm³/mol. The molecular formula is C10H13FO2. The zero-order chi connectivity index (χ0) is 10.2. The van der Waals surface area contributed by atoms with Crippen molar-refractivity contribution in [1.29, 1.82) is 0 Å². The van der Waals surface area contributed by atoms with Gasteiger partial charge >= 0.3 is 0 Å². The Morgan fingerprint density at radius 1 is 1.15 bits per heavy atom. The van der Waals surface area contributed by atoms with E-state index < -0.39 is 11.2 Å². The topological polar surface area (TPSA) is 40.5 Å². The molecule has 0 heterocycles. The van der Waals surface area contributed by atoms with Crippen LogP contribution >= 0.6 is 0 Å². The van der Waals surface area contributed by atoms with Crippen molar-refractivity contribution < 1.29 is 14.6 Å². The Morgan fingerprint density at radius 2 is 1.69 bits per heavy atom. The fraction of sp³-hybridized carbons (Fsp3) is 0.400. The SMILES string of the molecule is CC(C)(C)c1c(F)ccc(O)c1O. The van der Waals surface area contributed by atoms with Gasteiger partial charge in [-0.3, -0.25) is 0 Å². The molecule has 0 amide bonds. The molecule has 1 aromatic carbocycles. The maximum absolute atomic E-state index is 13.3. The minimum atomic E-state index is -0.521. The Kier molecular flexibility index (Phi) is 2.20. The molecule has 0 bridgehead atoms. The minimum absolute atomic E-state index is 0.146. The monoisotopic (exact) mass is 184 g/mol. The molecule has 0 saturated carbocycles. The molecule has 1 aromatic rings. The van der Waals surface area contributed by atoms with Crippen molar-refractivity contribution in [3.63, 3.8) is 0 Å². The van der Waals surface area contributed by atoms with E-state index in [1.807, 2.05) is 0 Å². The van der Waals surface area contributed by atoms with Crippen LogP contribution in [0.5, 0.6) is 11.5 Å². The Labute approximate surface area is 76.6 Å². The smallest absolute Gasteiger partial charge is 0.164 e. The van der Waals surface area contributed by atoms with Crippen LogP contribution in [0.4, 0.5) is 4.39 Å². The van der Waals surface area contributed by atoms with Crippen LogP contribution in [0.3, 0.4) is 0 Å². The van der Waals surface area contributed by atoms with Gasteiger partial charge in [-0.25, -0.2) is 4.39 Å². The normalized spacial score (nSPS) is 11.7. The molecule has 0 fully saturated rings. The summed E-state index contributed by atoms with van der Waals surface area (Å²) < 4.78 is 13.3. The fourth-order valence-electron chi connectivity index (χ4n) is 1.27. The second-order valence-corrected chi connectivity index (χ2v) is 4.04. The molecule has 2 nitrogen and oxygen atoms in total. The standard InChI is InChI=1S/C10H13FO2/c1-10(2,3)8-6(11)4-5-7(12)9(8)13/h4-5,12-13H,1-3H3. The molecule has 1 rings (SSSR count). The summed E-state index contributed by atoms with van der Waals surface area (Å²) in [6, 6.07) is 2.29. The zero-order valence-electron chi connectivity index (χ0n) is 7.93. The summed E-state index contributed by atoms with van der Waals surface area (Å²) in [7, 11) is 0. The second kappa shape index (κ2) is 2.91. The summed E-state index contributed by atoms with van der Waals surface area (Å²) in [5, 5.41) is 18.6. The number of halogens is 1. The highest BCUT2D eigenvalue weighted by Crippen LogP contribution is 2.38. The highest BCUT2D eigenvalue weighted by molar-refractivity contribution is 5.48. The lowest BCUT2D eigenvalue weighted by Crippen LogP contribution is -2.13. The number of benzene rings is 1. The molecule has 0 spiro atoms. The van der Waals surface area contributed by atoms with E-state index in [-0.39, 0.29) is 17.1 Å². The van der Waals surface area contributed by atoms with Gasteiger partial charge in [0.15, 0.2) is 11.5 Å². The van der Waals surface area contributed by atoms with Gasteiger partial charge in [-0.15, -0.1) is 0 Å². The first-order valence-electron chi connectivity index (χ1n) is 4.05. The van der Waals surface area contributed by atoms with Crippen LogP contribution in [0, 0.1) is 5.82 Å². The number of hydrogen-bond acceptors (Lipinski definition) is 2. The average Bonchev–Trinajstić information content (AvgIpc) is 1.95. The lowest BCUT2D eigenvalue weighted by molar-refractivity contribution is 0.379. The van der Waals surface area contributed by atoms with E-state index in [0.29, 0.717) is 0 Å². The first kappa shape index (κ1) is 9.84. The molecule has 0 radical (unpaired) electrons. The van der Waals surface area contributed by atoms with Crippen molar-refractivity contribution in [3.8, 4) is 11.5 Å². The molecule has 0 atom stereocenters. The summed E-state index contributed by atoms with van der Waals surface area (Å²) in [6.07, 6.45) is 0. The number of aromatic hydroxyl groups is 2. The van der Waals surface area contributed by atoms with Crippen molar-refractivity contribution in [2.45, 2.75) is 26.2 Å². The number of phenolic OH excluding ortho intramolecular Hbond substituents is 2. The summed E-state index contributed by atoms with van der Waals surface area (Å²) in [5.41, 5.74) is -0.375. The Morgan fingerprint density at radius 3 is 2.08 bits per heavy atom. The molecule has 0 aromatic heterocycles. The third kappa shape index (κ3) is 1.74. The van der Waals surface area contributed by atoms with Crippen molar-refractivity contribution in [3.05, 3.63) is 23.5 Å². The Balaban J connectivity index is 3.43. The van der Waals surface area contributed by atoms with Gasteiger partial charge in [0.05, 0.1) is 0 Å². The van der Waals surface area contributed by atoms with E-state index >= 15 is 0 Å². The van der Waals surface area contributed by atoms with Gasteiger partial charge in [-0.1, -0.05) is 20.8 Å². The Bertz CT molecular complexity index is 326. The molecule has 0 saturated heterocycles. The van der Waals surface area contributed by atoms with Crippen LogP contribution in [0.25, 0.3) is 0 Å². The molecule has 13 heavy (non-hydrogen) atoms. The maximum Gasteiger partial charge on any atom is 0.164 e. The number of hydrogen-bond donors (Lipinski definition) is 2. The third-order valence-corrected chi connectivity index (χ3v) is 1.86. The van der Waals surface area contributed by atoms with Gasteiger partial charge in [-0.05, 0) is 17.5 Å². The second-order valence-electron chi connectivity index (χ2n) is 4.04. The molecule has 72 valence electrons. The highest BCUT2D eigenvalue weighted by atomic mass is 19.1. The predicted octanol–water partition coefficient (Wildman–Crippen LogP) is 2.53. The molecule has 0 aliphatic rings. The first-order chi connectivity index (χ1) is 5.84. The Hall–Kier alpha value is -1.25. The van der Waals surface area contributed by atoms with Crippen LogP contribution in [-0.2, 0) is 5.41 Å². The molecule has 2 N–H and O–H groups in total. The zero-order valence-corrected chi connectivity index (χ0v) is 7.93. The van der Waals surface area contributed by atoms with Gasteiger partial charge in [0.2, 0.25) is 0 Å². The van der Waals surface area contributed by atoms with E-state index in [1.54, 1.807) is 20.8 Å². The number of rotatable bonds is 0. The summed E-state index contributed by atoms with van der Waals surface area (Å²) >= 11 is 0. The van der Waals surface area contributed by atoms with Crippen molar-refractivity contribution >= 4 is 0 Å². The van der Waals surface area contributed by atoms with Crippen LogP contribution < -0.4 is 0 Å². The molecule has 0 aliphatic heterocycles. The summed E-state index contributed by atoms with van der Waals surface area (Å²) in [5.74, 6) is -1.15. The van der Waals surface area contributed by atoms with Gasteiger partial charge < -0.3 is 10.2 Å². The van der Waals surface area contributed by atoms with E-state index in [4.69, 9.17) is 0 Å². The van der Waals surface area contributed by atoms with Gasteiger partial charge in [-0.2, -0.15) is 0 Å². The van der Waals surface area contributed by atoms with Crippen LogP contribution in [-0.4, -0.2) is 10.2 Å². The molecule has 3 heteroatoms. The van der Waals surface area contributed by atoms with E-state index in [2.05, 4.69) is 0 Å². The van der Waals surface area contributed by atoms with Crippen LogP contribution in [0.15, 0.2) is 12.1 Å². The van der Waals surface area contributed by atoms with E-state index in [0.717, 1.165) is 12.1 Å². The first-order valence-corrected chi connectivity index (χ1v) is 4.05. The van der Waals surface area contributed by atoms with Gasteiger partial charge in [0, 0.05) is 5.56 Å². The van der Waals surface area contributed by atoms with Crippen molar-refractivity contribution in [1.82, 2.24) is 0 Å². The third-order valence-electron chi connectivity index (χ3n) is 1.86. The van der Waals surface area contributed by atoms with Crippen molar-refractivity contribution in [2.24, 2.45) is 0 Å². The quantitative estimate of drug-likeness (QED) is 0.608. The minimum Gasteiger partial charge on any atom is -0.504 e. The molecule has 0 aliphatic carbocycles. The largest absolute Gasteiger partial charge is 0.504 e. The van der Waals surface area contributed by atoms with Crippen LogP contribution in [0.1, 0.15) is 26.3 Å². The lowest BCUT2D eigenvalue weighted by atomic mass is 9.86. The fourth-order valence-corrected chi connectivity index (χ4v) is 1.27.